The lowest BCUT2D eigenvalue weighted by Gasteiger charge is -2.16. The number of benzene rings is 3. The highest BCUT2D eigenvalue weighted by molar-refractivity contribution is 14.1. The molecule has 1 aromatic heterocycles. The van der Waals surface area contributed by atoms with Crippen molar-refractivity contribution >= 4 is 56.2 Å². The first-order valence-electron chi connectivity index (χ1n) is 8.12. The van der Waals surface area contributed by atoms with Crippen molar-refractivity contribution in [3.05, 3.63) is 71.8 Å². The lowest BCUT2D eigenvalue weighted by Crippen LogP contribution is -2.00. The summed E-state index contributed by atoms with van der Waals surface area (Å²) in [6, 6.07) is 22.2. The molecule has 0 aliphatic heterocycles. The molecule has 0 saturated carbocycles. The molecule has 0 fully saturated rings. The summed E-state index contributed by atoms with van der Waals surface area (Å²) in [5.41, 5.74) is 5.74. The second-order valence-corrected chi connectivity index (χ2v) is 6.81. The number of furan rings is 1. The average molecular weight is 438 g/mol. The van der Waals surface area contributed by atoms with E-state index in [-0.39, 0.29) is 0 Å². The summed E-state index contributed by atoms with van der Waals surface area (Å²) in [5.74, 6) is 0. The summed E-state index contributed by atoms with van der Waals surface area (Å²) in [6.45, 7) is 2.14. The van der Waals surface area contributed by atoms with Gasteiger partial charge in [-0.15, -0.1) is 0 Å². The van der Waals surface area contributed by atoms with Gasteiger partial charge in [-0.3, -0.25) is 3.11 Å². The summed E-state index contributed by atoms with van der Waals surface area (Å²) in [5, 5.41) is 11.3. The van der Waals surface area contributed by atoms with E-state index in [0.29, 0.717) is 5.56 Å². The van der Waals surface area contributed by atoms with Crippen molar-refractivity contribution in [1.82, 2.24) is 0 Å². The summed E-state index contributed by atoms with van der Waals surface area (Å²) < 4.78 is 8.36. The van der Waals surface area contributed by atoms with Crippen LogP contribution in [0.25, 0.3) is 21.9 Å². The number of hydrogen-bond donors (Lipinski definition) is 0. The first-order chi connectivity index (χ1) is 12.2. The lowest BCUT2D eigenvalue weighted by molar-refractivity contribution is 0.664. The van der Waals surface area contributed by atoms with Crippen LogP contribution in [0.5, 0.6) is 0 Å². The molecule has 4 heteroatoms. The minimum Gasteiger partial charge on any atom is -0.454 e. The maximum absolute atomic E-state index is 8.97. The molecule has 0 bridgehead atoms. The quantitative estimate of drug-likeness (QED) is 0.271. The number of halogens is 1. The van der Waals surface area contributed by atoms with Crippen molar-refractivity contribution in [2.45, 2.75) is 13.3 Å². The van der Waals surface area contributed by atoms with E-state index in [9.17, 15) is 0 Å². The van der Waals surface area contributed by atoms with Crippen LogP contribution in [0.3, 0.4) is 0 Å². The average Bonchev–Trinajstić information content (AvgIpc) is 3.06. The van der Waals surface area contributed by atoms with E-state index >= 15 is 0 Å². The second kappa shape index (κ2) is 6.41. The van der Waals surface area contributed by atoms with Crippen molar-refractivity contribution in [2.75, 3.05) is 3.11 Å². The van der Waals surface area contributed by atoms with Crippen LogP contribution in [0, 0.1) is 11.3 Å². The molecule has 0 spiro atoms. The van der Waals surface area contributed by atoms with Gasteiger partial charge in [-0.25, -0.2) is 0 Å². The third-order valence-corrected chi connectivity index (χ3v) is 5.48. The van der Waals surface area contributed by atoms with Gasteiger partial charge in [0.25, 0.3) is 0 Å². The minimum atomic E-state index is 0.656. The molecule has 25 heavy (non-hydrogen) atoms. The normalized spacial score (nSPS) is 10.9. The van der Waals surface area contributed by atoms with Gasteiger partial charge in [0.15, 0.2) is 5.58 Å². The summed E-state index contributed by atoms with van der Waals surface area (Å²) >= 11 is 2.28. The zero-order valence-corrected chi connectivity index (χ0v) is 15.8. The van der Waals surface area contributed by atoms with E-state index in [2.05, 4.69) is 75.4 Å². The Balaban J connectivity index is 1.91. The third kappa shape index (κ3) is 2.65. The predicted octanol–water partition coefficient (Wildman–Crippen LogP) is 6.51. The molecule has 0 saturated heterocycles. The highest BCUT2D eigenvalue weighted by Crippen LogP contribution is 2.40. The first-order valence-corrected chi connectivity index (χ1v) is 9.08. The van der Waals surface area contributed by atoms with E-state index in [1.165, 1.54) is 5.56 Å². The van der Waals surface area contributed by atoms with Crippen LogP contribution in [0.2, 0.25) is 0 Å². The van der Waals surface area contributed by atoms with Gasteiger partial charge in [-0.05, 0) is 42.3 Å². The number of fused-ring (bicyclic) bond motifs is 3. The monoisotopic (exact) mass is 438 g/mol. The van der Waals surface area contributed by atoms with Crippen LogP contribution in [-0.4, -0.2) is 0 Å². The maximum atomic E-state index is 8.97. The highest BCUT2D eigenvalue weighted by Gasteiger charge is 2.16. The molecule has 3 aromatic carbocycles. The van der Waals surface area contributed by atoms with Crippen LogP contribution in [0.4, 0.5) is 11.4 Å². The molecule has 0 amide bonds. The third-order valence-electron chi connectivity index (χ3n) is 4.40. The topological polar surface area (TPSA) is 40.2 Å². The van der Waals surface area contributed by atoms with E-state index in [1.54, 1.807) is 0 Å². The Morgan fingerprint density at radius 3 is 2.32 bits per heavy atom. The molecular formula is C21H15IN2O. The molecule has 3 nitrogen and oxygen atoms in total. The largest absolute Gasteiger partial charge is 0.454 e. The number of rotatable bonds is 3. The molecule has 0 radical (unpaired) electrons. The van der Waals surface area contributed by atoms with Gasteiger partial charge < -0.3 is 4.42 Å². The van der Waals surface area contributed by atoms with Gasteiger partial charge in [0, 0.05) is 10.8 Å². The van der Waals surface area contributed by atoms with Gasteiger partial charge in [-0.1, -0.05) is 37.3 Å². The first kappa shape index (κ1) is 16.0. The van der Waals surface area contributed by atoms with Crippen LogP contribution < -0.4 is 3.11 Å². The number of para-hydroxylation sites is 2. The maximum Gasteiger partial charge on any atom is 0.159 e. The Morgan fingerprint density at radius 2 is 1.64 bits per heavy atom. The fraction of sp³-hybridized carbons (Fsp3) is 0.0952. The van der Waals surface area contributed by atoms with E-state index in [4.69, 9.17) is 9.68 Å². The number of nitrogens with zero attached hydrogens (tertiary/aromatic N) is 2. The molecule has 122 valence electrons. The van der Waals surface area contributed by atoms with Crippen LogP contribution in [0.15, 0.2) is 65.1 Å². The molecule has 0 N–H and O–H groups in total. The second-order valence-electron chi connectivity index (χ2n) is 5.84. The van der Waals surface area contributed by atoms with Gasteiger partial charge in [0.2, 0.25) is 0 Å². The Morgan fingerprint density at radius 1 is 0.960 bits per heavy atom. The van der Waals surface area contributed by atoms with Crippen LogP contribution in [-0.2, 0) is 6.42 Å². The Bertz CT molecular complexity index is 1110. The number of anilines is 2. The van der Waals surface area contributed by atoms with Gasteiger partial charge in [0.1, 0.15) is 5.58 Å². The van der Waals surface area contributed by atoms with Crippen LogP contribution >= 0.6 is 22.9 Å². The molecule has 1 heterocycles. The van der Waals surface area contributed by atoms with Crippen molar-refractivity contribution < 1.29 is 4.42 Å². The molecule has 0 atom stereocenters. The molecule has 4 rings (SSSR count). The molecule has 0 aliphatic rings. The Hall–Kier alpha value is -2.52. The SMILES string of the molecule is CCc1cccc2c1oc1c(N(I)c3ccc(C#N)cc3)cccc12. The smallest absolute Gasteiger partial charge is 0.159 e. The van der Waals surface area contributed by atoms with E-state index in [1.807, 2.05) is 24.3 Å². The number of nitriles is 1. The fourth-order valence-corrected chi connectivity index (χ4v) is 3.80. The minimum absolute atomic E-state index is 0.656. The van der Waals surface area contributed by atoms with Gasteiger partial charge in [0.05, 0.1) is 45.9 Å². The molecular weight excluding hydrogens is 423 g/mol. The predicted molar refractivity (Wildman–Crippen MR) is 110 cm³/mol. The molecule has 0 aliphatic carbocycles. The van der Waals surface area contributed by atoms with Crippen molar-refractivity contribution in [2.24, 2.45) is 0 Å². The van der Waals surface area contributed by atoms with Gasteiger partial charge >= 0.3 is 0 Å². The van der Waals surface area contributed by atoms with Gasteiger partial charge in [-0.2, -0.15) is 5.26 Å². The zero-order valence-electron chi connectivity index (χ0n) is 13.7. The lowest BCUT2D eigenvalue weighted by atomic mass is 10.1. The standard InChI is InChI=1S/C21H15IN2O/c1-2-15-5-3-6-17-18-7-4-8-19(21(18)25-20(15)17)24(22)16-11-9-14(13-23)10-12-16/h3-12H,2H2,1H3. The fourth-order valence-electron chi connectivity index (χ4n) is 3.10. The zero-order chi connectivity index (χ0) is 17.4. The van der Waals surface area contributed by atoms with Crippen LogP contribution in [0.1, 0.15) is 18.1 Å². The Labute approximate surface area is 160 Å². The van der Waals surface area contributed by atoms with E-state index in [0.717, 1.165) is 39.7 Å². The number of hydrogen-bond acceptors (Lipinski definition) is 3. The van der Waals surface area contributed by atoms with E-state index < -0.39 is 0 Å². The summed E-state index contributed by atoms with van der Waals surface area (Å²) in [7, 11) is 0. The highest BCUT2D eigenvalue weighted by atomic mass is 127. The summed E-state index contributed by atoms with van der Waals surface area (Å²) in [6.07, 6.45) is 0.941. The van der Waals surface area contributed by atoms with Crippen molar-refractivity contribution in [3.63, 3.8) is 0 Å². The number of aryl methyl sites for hydroxylation is 1. The van der Waals surface area contributed by atoms with Crippen molar-refractivity contribution in [3.8, 4) is 6.07 Å². The Kier molecular flexibility index (Phi) is 4.10. The summed E-state index contributed by atoms with van der Waals surface area (Å²) in [4.78, 5) is 0. The molecule has 4 aromatic rings. The molecule has 0 unspecified atom stereocenters. The van der Waals surface area contributed by atoms with Crippen molar-refractivity contribution in [1.29, 1.82) is 5.26 Å².